The van der Waals surface area contributed by atoms with Crippen LogP contribution in [-0.4, -0.2) is 23.9 Å². The summed E-state index contributed by atoms with van der Waals surface area (Å²) in [5, 5.41) is 9.36. The molecule has 0 amide bonds. The van der Waals surface area contributed by atoms with Crippen molar-refractivity contribution in [3.05, 3.63) is 0 Å². The monoisotopic (exact) mass is 189 g/mol. The summed E-state index contributed by atoms with van der Waals surface area (Å²) in [6.07, 6.45) is 4.03. The summed E-state index contributed by atoms with van der Waals surface area (Å²) in [7, 11) is 0. The second-order valence-electron chi connectivity index (χ2n) is 4.21. The normalized spacial score (nSPS) is 37.4. The fourth-order valence-electron chi connectivity index (χ4n) is 2.33. The van der Waals surface area contributed by atoms with Gasteiger partial charge in [0.1, 0.15) is 6.67 Å². The molecule has 0 spiro atoms. The van der Waals surface area contributed by atoms with E-state index in [0.29, 0.717) is 0 Å². The smallest absolute Gasteiger partial charge is 0.105 e. The largest absolute Gasteiger partial charge is 0.393 e. The molecule has 2 nitrogen and oxygen atoms in total. The first-order valence-corrected chi connectivity index (χ1v) is 5.14. The highest BCUT2D eigenvalue weighted by Crippen LogP contribution is 2.41. The summed E-state index contributed by atoms with van der Waals surface area (Å²) in [5.41, 5.74) is 5.73. The number of aliphatic hydroxyl groups is 1. The molecule has 0 aromatic carbocycles. The van der Waals surface area contributed by atoms with E-state index in [1.165, 1.54) is 0 Å². The van der Waals surface area contributed by atoms with E-state index in [9.17, 15) is 9.50 Å². The Balaban J connectivity index is 2.60. The molecule has 1 fully saturated rings. The van der Waals surface area contributed by atoms with Gasteiger partial charge in [-0.25, -0.2) is 4.39 Å². The summed E-state index contributed by atoms with van der Waals surface area (Å²) in [4.78, 5) is 0. The van der Waals surface area contributed by atoms with Crippen LogP contribution in [0.3, 0.4) is 0 Å². The van der Waals surface area contributed by atoms with Crippen LogP contribution in [0.25, 0.3) is 0 Å². The van der Waals surface area contributed by atoms with Crippen molar-refractivity contribution in [2.24, 2.45) is 11.1 Å². The highest BCUT2D eigenvalue weighted by Gasteiger charge is 2.38. The van der Waals surface area contributed by atoms with Crippen LogP contribution >= 0.6 is 0 Å². The molecule has 1 saturated carbocycles. The maximum atomic E-state index is 12.5. The lowest BCUT2D eigenvalue weighted by atomic mass is 9.67. The minimum Gasteiger partial charge on any atom is -0.393 e. The molecule has 3 heteroatoms. The van der Waals surface area contributed by atoms with Crippen molar-refractivity contribution < 1.29 is 9.50 Å². The Bertz CT molecular complexity index is 155. The van der Waals surface area contributed by atoms with E-state index >= 15 is 0 Å². The topological polar surface area (TPSA) is 46.2 Å². The van der Waals surface area contributed by atoms with Gasteiger partial charge >= 0.3 is 0 Å². The highest BCUT2D eigenvalue weighted by molar-refractivity contribution is 4.92. The molecule has 78 valence electrons. The molecule has 1 atom stereocenters. The van der Waals surface area contributed by atoms with Crippen LogP contribution in [0.15, 0.2) is 0 Å². The van der Waals surface area contributed by atoms with E-state index in [1.54, 1.807) is 0 Å². The Kier molecular flexibility index (Phi) is 3.68. The van der Waals surface area contributed by atoms with Crippen LogP contribution in [-0.2, 0) is 0 Å². The number of alkyl halides is 1. The van der Waals surface area contributed by atoms with Crippen LogP contribution < -0.4 is 5.73 Å². The second-order valence-corrected chi connectivity index (χ2v) is 4.21. The second kappa shape index (κ2) is 4.38. The van der Waals surface area contributed by atoms with Gasteiger partial charge in [-0.15, -0.1) is 0 Å². The third kappa shape index (κ3) is 2.20. The number of halogens is 1. The number of nitrogens with two attached hydrogens (primary N) is 1. The highest BCUT2D eigenvalue weighted by atomic mass is 19.1. The van der Waals surface area contributed by atoms with Crippen molar-refractivity contribution in [2.45, 2.75) is 51.2 Å². The van der Waals surface area contributed by atoms with Crippen LogP contribution in [0.1, 0.15) is 39.0 Å². The first-order chi connectivity index (χ1) is 6.14. The van der Waals surface area contributed by atoms with Crippen LogP contribution in [0.2, 0.25) is 0 Å². The zero-order valence-electron chi connectivity index (χ0n) is 8.30. The Morgan fingerprint density at radius 3 is 2.46 bits per heavy atom. The summed E-state index contributed by atoms with van der Waals surface area (Å²) in [6.45, 7) is 1.62. The minimum absolute atomic E-state index is 0.0476. The van der Waals surface area contributed by atoms with Gasteiger partial charge in [-0.1, -0.05) is 6.92 Å². The zero-order valence-corrected chi connectivity index (χ0v) is 8.30. The van der Waals surface area contributed by atoms with Gasteiger partial charge in [-0.3, -0.25) is 0 Å². The molecule has 0 bridgehead atoms. The van der Waals surface area contributed by atoms with Gasteiger partial charge in [0.2, 0.25) is 0 Å². The van der Waals surface area contributed by atoms with Crippen molar-refractivity contribution in [1.29, 1.82) is 0 Å². The predicted molar refractivity (Wildman–Crippen MR) is 51.1 cm³/mol. The summed E-state index contributed by atoms with van der Waals surface area (Å²) < 4.78 is 12.5. The van der Waals surface area contributed by atoms with Gasteiger partial charge in [0.15, 0.2) is 0 Å². The lowest BCUT2D eigenvalue weighted by molar-refractivity contribution is 0.0388. The minimum atomic E-state index is -0.441. The van der Waals surface area contributed by atoms with Crippen molar-refractivity contribution in [2.75, 3.05) is 6.67 Å². The van der Waals surface area contributed by atoms with Gasteiger partial charge in [0.25, 0.3) is 0 Å². The molecule has 0 heterocycles. The van der Waals surface area contributed by atoms with Crippen molar-refractivity contribution in [1.82, 2.24) is 0 Å². The van der Waals surface area contributed by atoms with Gasteiger partial charge in [0.05, 0.1) is 6.10 Å². The van der Waals surface area contributed by atoms with E-state index in [-0.39, 0.29) is 17.6 Å². The predicted octanol–water partition coefficient (Wildman–Crippen LogP) is 1.61. The lowest BCUT2D eigenvalue weighted by Gasteiger charge is -2.41. The number of aliphatic hydroxyl groups excluding tert-OH is 1. The Hall–Kier alpha value is -0.150. The molecule has 3 N–H and O–H groups in total. The van der Waals surface area contributed by atoms with Crippen LogP contribution in [0.5, 0.6) is 0 Å². The standard InChI is InChI=1S/C10H20FNO/c1-2-10(9(12)7-11)5-3-8(13)4-6-10/h8-9,13H,2-7,12H2,1H3. The average molecular weight is 189 g/mol. The fraction of sp³-hybridized carbons (Fsp3) is 1.00. The molecular weight excluding hydrogens is 169 g/mol. The number of hydrogen-bond acceptors (Lipinski definition) is 2. The molecule has 1 aliphatic rings. The van der Waals surface area contributed by atoms with Crippen molar-refractivity contribution in [3.8, 4) is 0 Å². The molecule has 13 heavy (non-hydrogen) atoms. The van der Waals surface area contributed by atoms with Crippen molar-refractivity contribution in [3.63, 3.8) is 0 Å². The number of hydrogen-bond donors (Lipinski definition) is 2. The maximum absolute atomic E-state index is 12.5. The fourth-order valence-corrected chi connectivity index (χ4v) is 2.33. The Morgan fingerprint density at radius 2 is 2.08 bits per heavy atom. The Morgan fingerprint density at radius 1 is 1.54 bits per heavy atom. The Labute approximate surface area is 79.3 Å². The molecule has 1 aliphatic carbocycles. The van der Waals surface area contributed by atoms with E-state index < -0.39 is 6.67 Å². The molecular formula is C10H20FNO. The van der Waals surface area contributed by atoms with E-state index in [4.69, 9.17) is 5.73 Å². The summed E-state index contributed by atoms with van der Waals surface area (Å²) in [6, 6.07) is -0.343. The molecule has 1 unspecified atom stereocenters. The van der Waals surface area contributed by atoms with E-state index in [2.05, 4.69) is 6.92 Å². The van der Waals surface area contributed by atoms with E-state index in [1.807, 2.05) is 0 Å². The van der Waals surface area contributed by atoms with E-state index in [0.717, 1.165) is 32.1 Å². The molecule has 0 aromatic heterocycles. The van der Waals surface area contributed by atoms with Crippen molar-refractivity contribution >= 4 is 0 Å². The third-order valence-corrected chi connectivity index (χ3v) is 3.61. The molecule has 1 rings (SSSR count). The summed E-state index contributed by atoms with van der Waals surface area (Å²) >= 11 is 0. The molecule has 0 radical (unpaired) electrons. The molecule has 0 aliphatic heterocycles. The van der Waals surface area contributed by atoms with Gasteiger partial charge in [-0.2, -0.15) is 0 Å². The van der Waals surface area contributed by atoms with Crippen LogP contribution in [0, 0.1) is 5.41 Å². The quantitative estimate of drug-likeness (QED) is 0.708. The third-order valence-electron chi connectivity index (χ3n) is 3.61. The summed E-state index contributed by atoms with van der Waals surface area (Å²) in [5.74, 6) is 0. The van der Waals surface area contributed by atoms with Gasteiger partial charge in [0, 0.05) is 6.04 Å². The first kappa shape index (κ1) is 10.9. The van der Waals surface area contributed by atoms with Gasteiger partial charge < -0.3 is 10.8 Å². The molecule has 0 aromatic rings. The molecule has 0 saturated heterocycles. The average Bonchev–Trinajstić information content (AvgIpc) is 2.18. The lowest BCUT2D eigenvalue weighted by Crippen LogP contribution is -2.46. The maximum Gasteiger partial charge on any atom is 0.105 e. The SMILES string of the molecule is CCC1(C(N)CF)CCC(O)CC1. The number of rotatable bonds is 3. The van der Waals surface area contributed by atoms with Crippen LogP contribution in [0.4, 0.5) is 4.39 Å². The zero-order chi connectivity index (χ0) is 9.90. The first-order valence-electron chi connectivity index (χ1n) is 5.14. The van der Waals surface area contributed by atoms with Gasteiger partial charge in [-0.05, 0) is 37.5 Å².